The summed E-state index contributed by atoms with van der Waals surface area (Å²) in [5.41, 5.74) is 17.2. The quantitative estimate of drug-likeness (QED) is 0.211. The van der Waals surface area contributed by atoms with Gasteiger partial charge in [0, 0.05) is 26.2 Å². The molecule has 0 saturated heterocycles. The molecule has 0 amide bonds. The third-order valence-corrected chi connectivity index (χ3v) is 9.73. The van der Waals surface area contributed by atoms with E-state index < -0.39 is 0 Å². The second-order valence-corrected chi connectivity index (χ2v) is 12.2. The van der Waals surface area contributed by atoms with Gasteiger partial charge in [-0.15, -0.1) is 0 Å². The third kappa shape index (κ3) is 4.60. The van der Waals surface area contributed by atoms with E-state index in [0.717, 1.165) is 56.7 Å². The average molecular weight is 546 g/mol. The summed E-state index contributed by atoms with van der Waals surface area (Å²) >= 11 is 1.92. The van der Waals surface area contributed by atoms with Crippen molar-refractivity contribution in [1.82, 2.24) is 8.01 Å². The van der Waals surface area contributed by atoms with Gasteiger partial charge in [-0.2, -0.15) is 0 Å². The Morgan fingerprint density at radius 2 is 1.48 bits per heavy atom. The molecule has 0 radical (unpaired) electrons. The van der Waals surface area contributed by atoms with E-state index in [9.17, 15) is 0 Å². The number of hydrogen-bond donors (Lipinski definition) is 2. The van der Waals surface area contributed by atoms with E-state index in [1.807, 2.05) is 11.3 Å². The van der Waals surface area contributed by atoms with Crippen LogP contribution in [0.1, 0.15) is 24.0 Å². The van der Waals surface area contributed by atoms with Crippen LogP contribution >= 0.6 is 11.3 Å². The molecule has 1 aromatic heterocycles. The van der Waals surface area contributed by atoms with Crippen LogP contribution in [0.4, 0.5) is 0 Å². The molecule has 0 fully saturated rings. The van der Waals surface area contributed by atoms with Crippen molar-refractivity contribution < 1.29 is 21.5 Å². The minimum Gasteiger partial charge on any atom is 0.00258 e. The molecule has 3 aromatic rings. The Morgan fingerprint density at radius 1 is 0.839 bits per heavy atom. The molecule has 0 bridgehead atoms. The Kier molecular flexibility index (Phi) is 6.73. The van der Waals surface area contributed by atoms with E-state index in [2.05, 4.69) is 56.6 Å². The second kappa shape index (κ2) is 9.68. The minimum atomic E-state index is 0.00980. The Balaban J connectivity index is 1.46. The standard InChI is InChI=1S/C25H30IN4S/c27-9-14-29-10-5-18(6-11-29)20-1-3-24-22(15-20)23-16-21(2-4-25(23)31-24)19-7-12-30(13-8-19)26-17-28/h1-5,7,15-16H,6,8-14,17,27-28H2/q-1. The molecule has 4 nitrogen and oxygen atoms in total. The van der Waals surface area contributed by atoms with E-state index in [4.69, 9.17) is 11.5 Å². The fourth-order valence-corrected chi connectivity index (χ4v) is 7.33. The van der Waals surface area contributed by atoms with Crippen molar-refractivity contribution >= 4 is 42.7 Å². The molecule has 2 aromatic carbocycles. The summed E-state index contributed by atoms with van der Waals surface area (Å²) in [7, 11) is 0. The smallest absolute Gasteiger partial charge is 0.00258 e. The van der Waals surface area contributed by atoms with Crippen LogP contribution in [-0.4, -0.2) is 51.8 Å². The number of nitrogens with zero attached hydrogens (tertiary/aromatic N) is 2. The summed E-state index contributed by atoms with van der Waals surface area (Å²) in [6.45, 7) is 6.05. The van der Waals surface area contributed by atoms with E-state index >= 15 is 0 Å². The molecule has 0 spiro atoms. The first-order valence-electron chi connectivity index (χ1n) is 11.1. The molecule has 2 aliphatic rings. The number of benzene rings is 2. The van der Waals surface area contributed by atoms with Gasteiger partial charge in [0.1, 0.15) is 0 Å². The van der Waals surface area contributed by atoms with Crippen molar-refractivity contribution in [1.29, 1.82) is 0 Å². The molecular formula is C25H30IN4S-. The van der Waals surface area contributed by atoms with Gasteiger partial charge in [0.15, 0.2) is 0 Å². The fraction of sp³-hybridized carbons (Fsp3) is 0.360. The first-order chi connectivity index (χ1) is 15.2. The van der Waals surface area contributed by atoms with Gasteiger partial charge >= 0.3 is 163 Å². The molecule has 0 atom stereocenters. The predicted octanol–water partition coefficient (Wildman–Crippen LogP) is 1.11. The molecular weight excluding hydrogens is 515 g/mol. The molecule has 31 heavy (non-hydrogen) atoms. The van der Waals surface area contributed by atoms with Crippen molar-refractivity contribution in [2.75, 3.05) is 43.8 Å². The van der Waals surface area contributed by atoms with Crippen LogP contribution in [-0.2, 0) is 0 Å². The number of rotatable bonds is 6. The average Bonchev–Trinajstić information content (AvgIpc) is 3.18. The van der Waals surface area contributed by atoms with Crippen LogP contribution in [0.25, 0.3) is 31.3 Å². The third-order valence-electron chi connectivity index (χ3n) is 6.35. The Morgan fingerprint density at radius 3 is 2.00 bits per heavy atom. The van der Waals surface area contributed by atoms with E-state index in [0.29, 0.717) is 0 Å². The van der Waals surface area contributed by atoms with Gasteiger partial charge in [-0.25, -0.2) is 0 Å². The van der Waals surface area contributed by atoms with Crippen LogP contribution in [0.2, 0.25) is 0 Å². The summed E-state index contributed by atoms with van der Waals surface area (Å²) in [5.74, 6) is 0. The van der Waals surface area contributed by atoms with E-state index in [-0.39, 0.29) is 21.5 Å². The van der Waals surface area contributed by atoms with Gasteiger partial charge in [-0.05, 0) is 0 Å². The Hall–Kier alpha value is -1.29. The van der Waals surface area contributed by atoms with Gasteiger partial charge in [0.2, 0.25) is 0 Å². The number of nitrogens with two attached hydrogens (primary N) is 2. The fourth-order valence-electron chi connectivity index (χ4n) is 4.65. The van der Waals surface area contributed by atoms with Crippen molar-refractivity contribution in [2.45, 2.75) is 12.8 Å². The van der Waals surface area contributed by atoms with Gasteiger partial charge in [0.25, 0.3) is 0 Å². The number of thiophene rings is 1. The molecule has 0 unspecified atom stereocenters. The molecule has 0 aliphatic carbocycles. The zero-order valence-electron chi connectivity index (χ0n) is 17.8. The van der Waals surface area contributed by atoms with Crippen LogP contribution in [0.5, 0.6) is 0 Å². The molecule has 3 heterocycles. The summed E-state index contributed by atoms with van der Waals surface area (Å²) in [6, 6.07) is 14.1. The van der Waals surface area contributed by atoms with Crippen molar-refractivity contribution in [3.63, 3.8) is 0 Å². The molecule has 164 valence electrons. The minimum absolute atomic E-state index is 0.00980. The van der Waals surface area contributed by atoms with Crippen molar-refractivity contribution in [3.8, 4) is 0 Å². The van der Waals surface area contributed by atoms with Crippen LogP contribution in [0.15, 0.2) is 48.6 Å². The van der Waals surface area contributed by atoms with Crippen LogP contribution < -0.4 is 32.9 Å². The maximum atomic E-state index is 5.77. The first-order valence-corrected chi connectivity index (χ1v) is 14.4. The topological polar surface area (TPSA) is 58.5 Å². The molecule has 5 rings (SSSR count). The molecule has 4 N–H and O–H groups in total. The maximum absolute atomic E-state index is 5.77. The van der Waals surface area contributed by atoms with E-state index in [1.165, 1.54) is 42.4 Å². The molecule has 6 heteroatoms. The Labute approximate surface area is 199 Å². The second-order valence-electron chi connectivity index (χ2n) is 8.21. The summed E-state index contributed by atoms with van der Waals surface area (Å²) in [5, 5.41) is 2.80. The Bertz CT molecular complexity index is 1060. The summed E-state index contributed by atoms with van der Waals surface area (Å²) in [6.07, 6.45) is 7.04. The number of halogens is 1. The SMILES string of the molecule is NCCN1CC=C(c2ccc3sc4ccc(C5=CCN([I-]CN)CC5)cc4c3c2)CC1. The summed E-state index contributed by atoms with van der Waals surface area (Å²) < 4.78 is 6.15. The monoisotopic (exact) mass is 545 g/mol. The normalized spacial score (nSPS) is 18.6. The zero-order valence-corrected chi connectivity index (χ0v) is 20.8. The number of hydrogen-bond acceptors (Lipinski definition) is 5. The van der Waals surface area contributed by atoms with Crippen LogP contribution in [0, 0.1) is 0 Å². The molecule has 0 saturated carbocycles. The van der Waals surface area contributed by atoms with Gasteiger partial charge in [-0.1, -0.05) is 0 Å². The molecule has 2 aliphatic heterocycles. The van der Waals surface area contributed by atoms with Crippen LogP contribution in [0.3, 0.4) is 0 Å². The van der Waals surface area contributed by atoms with Gasteiger partial charge in [0.05, 0.1) is 0 Å². The number of fused-ring (bicyclic) bond motifs is 3. The number of alkyl halides is 1. The van der Waals surface area contributed by atoms with Gasteiger partial charge < -0.3 is 5.73 Å². The van der Waals surface area contributed by atoms with E-state index in [1.54, 1.807) is 0 Å². The van der Waals surface area contributed by atoms with Crippen molar-refractivity contribution in [3.05, 3.63) is 59.7 Å². The zero-order chi connectivity index (χ0) is 21.2. The first kappa shape index (κ1) is 21.6. The van der Waals surface area contributed by atoms with Crippen molar-refractivity contribution in [2.24, 2.45) is 11.5 Å². The predicted molar refractivity (Wildman–Crippen MR) is 131 cm³/mol. The summed E-state index contributed by atoms with van der Waals surface area (Å²) in [4.78, 5) is 2.43. The van der Waals surface area contributed by atoms with Gasteiger partial charge in [-0.3, -0.25) is 4.90 Å².